The minimum absolute atomic E-state index is 0.301. The second-order valence-corrected chi connectivity index (χ2v) is 5.49. The van der Waals surface area contributed by atoms with Gasteiger partial charge in [0.2, 0.25) is 0 Å². The summed E-state index contributed by atoms with van der Waals surface area (Å²) in [4.78, 5) is 11.1. The van der Waals surface area contributed by atoms with Crippen LogP contribution in [0, 0.1) is 11.7 Å². The van der Waals surface area contributed by atoms with E-state index in [1.54, 1.807) is 6.07 Å². The van der Waals surface area contributed by atoms with Gasteiger partial charge in [-0.05, 0) is 30.0 Å². The van der Waals surface area contributed by atoms with E-state index in [2.05, 4.69) is 21.2 Å². The molecule has 18 heavy (non-hydrogen) atoms. The molecule has 1 atom stereocenters. The number of halogens is 2. The molecule has 0 aliphatic rings. The van der Waals surface area contributed by atoms with Gasteiger partial charge in [0, 0.05) is 11.0 Å². The summed E-state index contributed by atoms with van der Waals surface area (Å²) in [5, 5.41) is 12.1. The number of aliphatic carboxylic acids is 1. The summed E-state index contributed by atoms with van der Waals surface area (Å²) in [6, 6.07) is 3.79. The molecule has 2 N–H and O–H groups in total. The van der Waals surface area contributed by atoms with Gasteiger partial charge in [0.1, 0.15) is 11.9 Å². The van der Waals surface area contributed by atoms with E-state index in [0.29, 0.717) is 23.4 Å². The van der Waals surface area contributed by atoms with Crippen molar-refractivity contribution in [2.24, 2.45) is 5.92 Å². The van der Waals surface area contributed by atoms with E-state index >= 15 is 0 Å². The van der Waals surface area contributed by atoms with Gasteiger partial charge in [-0.1, -0.05) is 35.8 Å². The van der Waals surface area contributed by atoms with E-state index < -0.39 is 12.0 Å². The van der Waals surface area contributed by atoms with E-state index in [0.717, 1.165) is 5.56 Å². The highest BCUT2D eigenvalue weighted by Crippen LogP contribution is 2.18. The molecule has 1 aromatic rings. The summed E-state index contributed by atoms with van der Waals surface area (Å²) in [5.74, 6) is -0.875. The third-order valence-corrected chi connectivity index (χ3v) is 3.30. The fraction of sp³-hybridized carbons (Fsp3) is 0.462. The Morgan fingerprint density at radius 3 is 2.67 bits per heavy atom. The highest BCUT2D eigenvalue weighted by atomic mass is 79.9. The number of rotatable bonds is 6. The molecule has 0 saturated heterocycles. The summed E-state index contributed by atoms with van der Waals surface area (Å²) in [6.45, 7) is 4.35. The smallest absolute Gasteiger partial charge is 0.320 e. The Balaban J connectivity index is 2.64. The average Bonchev–Trinajstić information content (AvgIpc) is 2.25. The number of hydrogen-bond acceptors (Lipinski definition) is 2. The first-order chi connectivity index (χ1) is 8.40. The van der Waals surface area contributed by atoms with Crippen molar-refractivity contribution in [2.45, 2.75) is 32.9 Å². The SMILES string of the molecule is CC(C)CC(NCc1ccc(F)cc1Br)C(=O)O. The summed E-state index contributed by atoms with van der Waals surface area (Å²) in [5.41, 5.74) is 0.839. The lowest BCUT2D eigenvalue weighted by Gasteiger charge is -2.17. The minimum Gasteiger partial charge on any atom is -0.480 e. The molecule has 0 radical (unpaired) electrons. The number of carboxylic acid groups (broad SMARTS) is 1. The third kappa shape index (κ3) is 4.74. The summed E-state index contributed by atoms with van der Waals surface area (Å²) < 4.78 is 13.5. The van der Waals surface area contributed by atoms with Crippen LogP contribution in [0.5, 0.6) is 0 Å². The van der Waals surface area contributed by atoms with Crippen molar-refractivity contribution >= 4 is 21.9 Å². The Hall–Kier alpha value is -0.940. The van der Waals surface area contributed by atoms with Gasteiger partial charge in [-0.2, -0.15) is 0 Å². The molecule has 100 valence electrons. The average molecular weight is 318 g/mol. The molecule has 1 rings (SSSR count). The van der Waals surface area contributed by atoms with Crippen LogP contribution in [0.15, 0.2) is 22.7 Å². The van der Waals surface area contributed by atoms with Crippen LogP contribution in [0.1, 0.15) is 25.8 Å². The van der Waals surface area contributed by atoms with Crippen LogP contribution in [0.3, 0.4) is 0 Å². The molecular weight excluding hydrogens is 301 g/mol. The predicted molar refractivity (Wildman–Crippen MR) is 71.8 cm³/mol. The highest BCUT2D eigenvalue weighted by Gasteiger charge is 2.18. The molecule has 1 aromatic carbocycles. The van der Waals surface area contributed by atoms with Crippen molar-refractivity contribution in [3.05, 3.63) is 34.1 Å². The number of nitrogens with one attached hydrogen (secondary N) is 1. The summed E-state index contributed by atoms with van der Waals surface area (Å²) in [6.07, 6.45) is 0.564. The molecule has 0 heterocycles. The molecule has 0 fully saturated rings. The molecular formula is C13H17BrFNO2. The Bertz CT molecular complexity index is 423. The van der Waals surface area contributed by atoms with Crippen molar-refractivity contribution < 1.29 is 14.3 Å². The van der Waals surface area contributed by atoms with E-state index in [9.17, 15) is 9.18 Å². The molecule has 3 nitrogen and oxygen atoms in total. The zero-order chi connectivity index (χ0) is 13.7. The van der Waals surface area contributed by atoms with Gasteiger partial charge in [-0.15, -0.1) is 0 Å². The maximum absolute atomic E-state index is 12.9. The zero-order valence-corrected chi connectivity index (χ0v) is 12.0. The molecule has 0 aromatic heterocycles. The lowest BCUT2D eigenvalue weighted by atomic mass is 10.0. The van der Waals surface area contributed by atoms with E-state index in [-0.39, 0.29) is 5.82 Å². The fourth-order valence-electron chi connectivity index (χ4n) is 1.64. The number of hydrogen-bond donors (Lipinski definition) is 2. The van der Waals surface area contributed by atoms with Crippen LogP contribution in [0.2, 0.25) is 0 Å². The first kappa shape index (κ1) is 15.1. The topological polar surface area (TPSA) is 49.3 Å². The highest BCUT2D eigenvalue weighted by molar-refractivity contribution is 9.10. The Kier molecular flexibility index (Phi) is 5.75. The van der Waals surface area contributed by atoms with Gasteiger partial charge in [-0.3, -0.25) is 4.79 Å². The zero-order valence-electron chi connectivity index (χ0n) is 10.4. The lowest BCUT2D eigenvalue weighted by Crippen LogP contribution is -2.37. The van der Waals surface area contributed by atoms with Crippen molar-refractivity contribution in [3.63, 3.8) is 0 Å². The minimum atomic E-state index is -0.859. The number of carboxylic acids is 1. The monoisotopic (exact) mass is 317 g/mol. The van der Waals surface area contributed by atoms with Crippen LogP contribution in [0.25, 0.3) is 0 Å². The Morgan fingerprint density at radius 2 is 2.17 bits per heavy atom. The maximum Gasteiger partial charge on any atom is 0.320 e. The van der Waals surface area contributed by atoms with Crippen LogP contribution in [-0.4, -0.2) is 17.1 Å². The van der Waals surface area contributed by atoms with E-state index in [1.807, 2.05) is 13.8 Å². The molecule has 0 amide bonds. The van der Waals surface area contributed by atoms with Gasteiger partial charge in [-0.25, -0.2) is 4.39 Å². The number of benzene rings is 1. The van der Waals surface area contributed by atoms with Crippen molar-refractivity contribution in [3.8, 4) is 0 Å². The molecule has 0 aliphatic heterocycles. The molecule has 1 unspecified atom stereocenters. The summed E-state index contributed by atoms with van der Waals surface area (Å²) in [7, 11) is 0. The first-order valence-electron chi connectivity index (χ1n) is 5.80. The predicted octanol–water partition coefficient (Wildman–Crippen LogP) is 3.18. The molecule has 0 spiro atoms. The molecule has 0 aliphatic carbocycles. The first-order valence-corrected chi connectivity index (χ1v) is 6.59. The second kappa shape index (κ2) is 6.85. The Morgan fingerprint density at radius 1 is 1.50 bits per heavy atom. The quantitative estimate of drug-likeness (QED) is 0.847. The van der Waals surface area contributed by atoms with Crippen molar-refractivity contribution in [2.75, 3.05) is 0 Å². The summed E-state index contributed by atoms with van der Waals surface area (Å²) >= 11 is 3.26. The standard InChI is InChI=1S/C13H17BrFNO2/c1-8(2)5-12(13(17)18)16-7-9-3-4-10(15)6-11(9)14/h3-4,6,8,12,16H,5,7H2,1-2H3,(H,17,18). The van der Waals surface area contributed by atoms with Gasteiger partial charge in [0.25, 0.3) is 0 Å². The number of carbonyl (C=O) groups is 1. The maximum atomic E-state index is 12.9. The lowest BCUT2D eigenvalue weighted by molar-refractivity contribution is -0.140. The second-order valence-electron chi connectivity index (χ2n) is 4.64. The van der Waals surface area contributed by atoms with Gasteiger partial charge in [0.15, 0.2) is 0 Å². The largest absolute Gasteiger partial charge is 0.480 e. The van der Waals surface area contributed by atoms with Gasteiger partial charge in [0.05, 0.1) is 0 Å². The Labute approximate surface area is 115 Å². The van der Waals surface area contributed by atoms with Crippen molar-refractivity contribution in [1.82, 2.24) is 5.32 Å². The molecule has 0 bridgehead atoms. The normalized spacial score (nSPS) is 12.7. The van der Waals surface area contributed by atoms with E-state index in [1.165, 1.54) is 12.1 Å². The van der Waals surface area contributed by atoms with Crippen LogP contribution in [-0.2, 0) is 11.3 Å². The van der Waals surface area contributed by atoms with Crippen molar-refractivity contribution in [1.29, 1.82) is 0 Å². The third-order valence-electron chi connectivity index (χ3n) is 2.56. The van der Waals surface area contributed by atoms with Gasteiger partial charge < -0.3 is 10.4 Å². The van der Waals surface area contributed by atoms with Gasteiger partial charge >= 0.3 is 5.97 Å². The van der Waals surface area contributed by atoms with Crippen LogP contribution < -0.4 is 5.32 Å². The molecule has 5 heteroatoms. The van der Waals surface area contributed by atoms with Crippen LogP contribution in [0.4, 0.5) is 4.39 Å². The molecule has 0 saturated carbocycles. The van der Waals surface area contributed by atoms with Crippen LogP contribution >= 0.6 is 15.9 Å². The fourth-order valence-corrected chi connectivity index (χ4v) is 2.13. The van der Waals surface area contributed by atoms with E-state index in [4.69, 9.17) is 5.11 Å².